The molecule has 0 spiro atoms. The Morgan fingerprint density at radius 2 is 2.56 bits per heavy atom. The van der Waals surface area contributed by atoms with Crippen LogP contribution >= 0.6 is 0 Å². The first-order chi connectivity index (χ1) is 4.47. The number of imidazole rings is 1. The summed E-state index contributed by atoms with van der Waals surface area (Å²) in [6.07, 6.45) is 7.23. The molecule has 2 rings (SSSR count). The van der Waals surface area contributed by atoms with E-state index >= 15 is 0 Å². The Kier molecular flexibility index (Phi) is 0.745. The van der Waals surface area contributed by atoms with E-state index in [4.69, 9.17) is 0 Å². The van der Waals surface area contributed by atoms with E-state index in [9.17, 15) is 0 Å². The summed E-state index contributed by atoms with van der Waals surface area (Å²) in [5.74, 6) is 0. The van der Waals surface area contributed by atoms with Crippen LogP contribution < -0.4 is 11.0 Å². The lowest BCUT2D eigenvalue weighted by atomic mass is 10.4. The van der Waals surface area contributed by atoms with Gasteiger partial charge in [-0.2, -0.15) is 0 Å². The molecule has 0 bridgehead atoms. The molecule has 0 saturated carbocycles. The van der Waals surface area contributed by atoms with Crippen molar-refractivity contribution in [2.45, 2.75) is 0 Å². The lowest BCUT2D eigenvalue weighted by Gasteiger charge is -2.11. The van der Waals surface area contributed by atoms with Gasteiger partial charge in [-0.05, 0) is 6.08 Å². The van der Waals surface area contributed by atoms with Gasteiger partial charge in [0.1, 0.15) is 6.33 Å². The number of rotatable bonds is 0. The van der Waals surface area contributed by atoms with Crippen molar-refractivity contribution in [1.82, 2.24) is 15.1 Å². The molecule has 0 amide bonds. The monoisotopic (exact) mass is 122 g/mol. The third-order valence-corrected chi connectivity index (χ3v) is 1.19. The van der Waals surface area contributed by atoms with Crippen molar-refractivity contribution in [2.24, 2.45) is 0 Å². The van der Waals surface area contributed by atoms with E-state index in [1.165, 1.54) is 0 Å². The highest BCUT2D eigenvalue weighted by Crippen LogP contribution is 2.00. The van der Waals surface area contributed by atoms with Crippen LogP contribution in [0.15, 0.2) is 18.7 Å². The van der Waals surface area contributed by atoms with Crippen molar-refractivity contribution in [3.63, 3.8) is 0 Å². The molecule has 0 atom stereocenters. The molecule has 0 fully saturated rings. The van der Waals surface area contributed by atoms with Crippen LogP contribution in [0, 0.1) is 0 Å². The zero-order valence-corrected chi connectivity index (χ0v) is 4.70. The Bertz CT molecular complexity index is 237. The molecule has 1 aliphatic rings. The van der Waals surface area contributed by atoms with Crippen molar-refractivity contribution in [1.29, 1.82) is 0 Å². The van der Waals surface area contributed by atoms with E-state index < -0.39 is 0 Å². The number of nitrogens with zero attached hydrogens (tertiary/aromatic N) is 2. The van der Waals surface area contributed by atoms with E-state index in [1.54, 1.807) is 17.2 Å². The van der Waals surface area contributed by atoms with Crippen molar-refractivity contribution in [3.05, 3.63) is 24.4 Å². The summed E-state index contributed by atoms with van der Waals surface area (Å²) in [5.41, 5.74) is 6.73. The number of hydrogen-bond acceptors (Lipinski definition) is 3. The molecule has 0 aliphatic carbocycles. The largest absolute Gasteiger partial charge is 0.294 e. The van der Waals surface area contributed by atoms with Crippen LogP contribution in [-0.2, 0) is 0 Å². The summed E-state index contributed by atoms with van der Waals surface area (Å²) in [4.78, 5) is 3.91. The lowest BCUT2D eigenvalue weighted by molar-refractivity contribution is 0.768. The van der Waals surface area contributed by atoms with E-state index in [0.717, 1.165) is 5.69 Å². The summed E-state index contributed by atoms with van der Waals surface area (Å²) in [6.45, 7) is 0. The van der Waals surface area contributed by atoms with Crippen LogP contribution in [0.2, 0.25) is 0 Å². The normalized spacial score (nSPS) is 13.8. The molecule has 1 aromatic heterocycles. The van der Waals surface area contributed by atoms with Crippen LogP contribution in [0.4, 0.5) is 0 Å². The summed E-state index contributed by atoms with van der Waals surface area (Å²) >= 11 is 0. The minimum atomic E-state index is 1.05. The van der Waals surface area contributed by atoms with Gasteiger partial charge in [0, 0.05) is 6.20 Å². The van der Waals surface area contributed by atoms with E-state index in [2.05, 4.69) is 15.9 Å². The fourth-order valence-electron chi connectivity index (χ4n) is 0.756. The maximum absolute atomic E-state index is 3.91. The number of hydrogen-bond donors (Lipinski definition) is 2. The maximum atomic E-state index is 3.91. The zero-order valence-electron chi connectivity index (χ0n) is 4.70. The minimum absolute atomic E-state index is 1.05. The molecule has 1 aromatic rings. The van der Waals surface area contributed by atoms with Crippen LogP contribution in [0.5, 0.6) is 0 Å². The molecule has 46 valence electrons. The topological polar surface area (TPSA) is 41.9 Å². The Balaban J connectivity index is 2.53. The molecule has 2 N–H and O–H groups in total. The molecule has 0 radical (unpaired) electrons. The highest BCUT2D eigenvalue weighted by Gasteiger charge is 1.98. The molecule has 2 heterocycles. The maximum Gasteiger partial charge on any atom is 0.116 e. The fourth-order valence-corrected chi connectivity index (χ4v) is 0.756. The molecular weight excluding hydrogens is 116 g/mol. The predicted octanol–water partition coefficient (Wildman–Crippen LogP) is -0.0845. The summed E-state index contributed by atoms with van der Waals surface area (Å²) in [6, 6.07) is 0. The number of fused-ring (bicyclic) bond motifs is 1. The SMILES string of the molecule is C1=Cc2cncn2NN1. The average Bonchev–Trinajstić information content (AvgIpc) is 2.33. The Morgan fingerprint density at radius 1 is 1.56 bits per heavy atom. The van der Waals surface area contributed by atoms with Gasteiger partial charge in [-0.15, -0.1) is 0 Å². The van der Waals surface area contributed by atoms with E-state index in [-0.39, 0.29) is 0 Å². The summed E-state index contributed by atoms with van der Waals surface area (Å²) < 4.78 is 1.79. The van der Waals surface area contributed by atoms with Gasteiger partial charge in [-0.3, -0.25) is 5.43 Å². The van der Waals surface area contributed by atoms with Crippen LogP contribution in [0.3, 0.4) is 0 Å². The Morgan fingerprint density at radius 3 is 3.44 bits per heavy atom. The smallest absolute Gasteiger partial charge is 0.116 e. The van der Waals surface area contributed by atoms with Crippen molar-refractivity contribution >= 4 is 6.08 Å². The van der Waals surface area contributed by atoms with E-state index in [1.807, 2.05) is 12.3 Å². The van der Waals surface area contributed by atoms with Gasteiger partial charge in [0.25, 0.3) is 0 Å². The second kappa shape index (κ2) is 1.51. The van der Waals surface area contributed by atoms with Gasteiger partial charge in [-0.25, -0.2) is 15.2 Å². The predicted molar refractivity (Wildman–Crippen MR) is 33.8 cm³/mol. The number of nitrogens with one attached hydrogen (secondary N) is 2. The quantitative estimate of drug-likeness (QED) is 0.505. The highest BCUT2D eigenvalue weighted by atomic mass is 15.6. The van der Waals surface area contributed by atoms with Crippen LogP contribution in [0.1, 0.15) is 5.69 Å². The molecule has 0 unspecified atom stereocenters. The first-order valence-electron chi connectivity index (χ1n) is 2.67. The van der Waals surface area contributed by atoms with Crippen molar-refractivity contribution < 1.29 is 0 Å². The molecule has 0 saturated heterocycles. The first-order valence-corrected chi connectivity index (χ1v) is 2.67. The number of aromatic nitrogens is 2. The standard InChI is InChI=1S/C5H6N4/c1-2-7-8-9-4-6-3-5(1)9/h1-4,7-8H. The first kappa shape index (κ1) is 4.43. The second-order valence-corrected chi connectivity index (χ2v) is 1.78. The lowest BCUT2D eigenvalue weighted by Crippen LogP contribution is -2.28. The number of hydrazine groups is 1. The molecule has 4 heteroatoms. The molecule has 4 nitrogen and oxygen atoms in total. The third kappa shape index (κ3) is 0.561. The summed E-state index contributed by atoms with van der Waals surface area (Å²) in [7, 11) is 0. The van der Waals surface area contributed by atoms with Gasteiger partial charge < -0.3 is 0 Å². The van der Waals surface area contributed by atoms with Crippen molar-refractivity contribution in [2.75, 3.05) is 5.53 Å². The van der Waals surface area contributed by atoms with Gasteiger partial charge in [0.15, 0.2) is 0 Å². The molecule has 9 heavy (non-hydrogen) atoms. The third-order valence-electron chi connectivity index (χ3n) is 1.19. The van der Waals surface area contributed by atoms with Crippen molar-refractivity contribution in [3.8, 4) is 0 Å². The molecular formula is C5H6N4. The highest BCUT2D eigenvalue weighted by molar-refractivity contribution is 5.45. The average molecular weight is 122 g/mol. The van der Waals surface area contributed by atoms with Gasteiger partial charge in [-0.1, -0.05) is 0 Å². The zero-order chi connectivity index (χ0) is 6.10. The minimum Gasteiger partial charge on any atom is -0.294 e. The second-order valence-electron chi connectivity index (χ2n) is 1.78. The van der Waals surface area contributed by atoms with Gasteiger partial charge >= 0.3 is 0 Å². The van der Waals surface area contributed by atoms with E-state index in [0.29, 0.717) is 0 Å². The Labute approximate surface area is 52.1 Å². The Hall–Kier alpha value is -1.45. The van der Waals surface area contributed by atoms with Crippen LogP contribution in [0.25, 0.3) is 6.08 Å². The molecule has 0 aromatic carbocycles. The van der Waals surface area contributed by atoms with Crippen LogP contribution in [-0.4, -0.2) is 9.66 Å². The van der Waals surface area contributed by atoms with Gasteiger partial charge in [0.05, 0.1) is 11.9 Å². The fraction of sp³-hybridized carbons (Fsp3) is 0. The summed E-state index contributed by atoms with van der Waals surface area (Å²) in [5, 5.41) is 0. The molecule has 1 aliphatic heterocycles. The van der Waals surface area contributed by atoms with Gasteiger partial charge in [0.2, 0.25) is 0 Å².